The van der Waals surface area contributed by atoms with Crippen LogP contribution in [0, 0.1) is 0 Å². The van der Waals surface area contributed by atoms with Gasteiger partial charge >= 0.3 is 5.97 Å². The van der Waals surface area contributed by atoms with Gasteiger partial charge in [0.1, 0.15) is 12.6 Å². The first-order valence-electron chi connectivity index (χ1n) is 8.18. The van der Waals surface area contributed by atoms with E-state index in [4.69, 9.17) is 10.8 Å². The first-order valence-corrected chi connectivity index (χ1v) is 8.18. The lowest BCUT2D eigenvalue weighted by Gasteiger charge is -2.26. The molecule has 3 amide bonds. The van der Waals surface area contributed by atoms with Crippen molar-refractivity contribution >= 4 is 23.7 Å². The van der Waals surface area contributed by atoms with Crippen molar-refractivity contribution in [3.63, 3.8) is 0 Å². The van der Waals surface area contributed by atoms with Crippen molar-refractivity contribution in [2.75, 3.05) is 19.6 Å². The van der Waals surface area contributed by atoms with Crippen LogP contribution in [0.1, 0.15) is 18.5 Å². The van der Waals surface area contributed by atoms with Gasteiger partial charge in [-0.3, -0.25) is 19.2 Å². The molecule has 0 saturated carbocycles. The molecule has 1 saturated heterocycles. The van der Waals surface area contributed by atoms with Crippen molar-refractivity contribution < 1.29 is 24.3 Å². The fourth-order valence-corrected chi connectivity index (χ4v) is 2.75. The maximum Gasteiger partial charge on any atom is 0.322 e. The molecule has 2 heterocycles. The Balaban J connectivity index is 1.85. The smallest absolute Gasteiger partial charge is 0.322 e. The lowest BCUT2D eigenvalue weighted by atomic mass is 10.1. The summed E-state index contributed by atoms with van der Waals surface area (Å²) in [4.78, 5) is 54.9. The van der Waals surface area contributed by atoms with Gasteiger partial charge in [-0.15, -0.1) is 0 Å². The molecule has 1 aromatic heterocycles. The van der Waals surface area contributed by atoms with Crippen LogP contribution in [0.15, 0.2) is 12.5 Å². The van der Waals surface area contributed by atoms with Gasteiger partial charge in [-0.2, -0.15) is 0 Å². The van der Waals surface area contributed by atoms with Gasteiger partial charge < -0.3 is 31.4 Å². The van der Waals surface area contributed by atoms with Gasteiger partial charge in [0.15, 0.2) is 0 Å². The van der Waals surface area contributed by atoms with Crippen molar-refractivity contribution in [1.29, 1.82) is 0 Å². The van der Waals surface area contributed by atoms with E-state index in [-0.39, 0.29) is 18.9 Å². The highest BCUT2D eigenvalue weighted by molar-refractivity contribution is 5.92. The second kappa shape index (κ2) is 8.94. The van der Waals surface area contributed by atoms with Gasteiger partial charge in [0.2, 0.25) is 17.7 Å². The minimum atomic E-state index is -1.18. The fourth-order valence-electron chi connectivity index (χ4n) is 2.75. The summed E-state index contributed by atoms with van der Waals surface area (Å²) >= 11 is 0. The molecule has 1 fully saturated rings. The molecule has 0 aliphatic carbocycles. The zero-order chi connectivity index (χ0) is 19.1. The summed E-state index contributed by atoms with van der Waals surface area (Å²) in [6.07, 6.45) is 4.53. The molecule has 11 nitrogen and oxygen atoms in total. The average molecular weight is 366 g/mol. The number of aliphatic carboxylic acids is 1. The summed E-state index contributed by atoms with van der Waals surface area (Å²) < 4.78 is 0. The predicted octanol–water partition coefficient (Wildman–Crippen LogP) is -2.41. The van der Waals surface area contributed by atoms with E-state index >= 15 is 0 Å². The largest absolute Gasteiger partial charge is 0.480 e. The predicted molar refractivity (Wildman–Crippen MR) is 88.7 cm³/mol. The molecular formula is C15H22N6O5. The topological polar surface area (TPSA) is 171 Å². The number of hydrogen-bond acceptors (Lipinski definition) is 6. The Hall–Kier alpha value is -2.95. The summed E-state index contributed by atoms with van der Waals surface area (Å²) in [7, 11) is 0. The Kier molecular flexibility index (Phi) is 6.67. The number of carbonyl (C=O) groups excluding carboxylic acids is 3. The van der Waals surface area contributed by atoms with Crippen LogP contribution in [0.3, 0.4) is 0 Å². The number of aromatic nitrogens is 2. The van der Waals surface area contributed by atoms with Crippen molar-refractivity contribution in [3.8, 4) is 0 Å². The van der Waals surface area contributed by atoms with Crippen molar-refractivity contribution in [2.24, 2.45) is 5.73 Å². The Bertz CT molecular complexity index is 661. The van der Waals surface area contributed by atoms with Crippen LogP contribution in [0.4, 0.5) is 0 Å². The van der Waals surface area contributed by atoms with E-state index in [1.54, 1.807) is 6.20 Å². The third-order valence-corrected chi connectivity index (χ3v) is 4.00. The Morgan fingerprint density at radius 3 is 2.77 bits per heavy atom. The zero-order valence-electron chi connectivity index (χ0n) is 14.1. The molecule has 0 aromatic carbocycles. The van der Waals surface area contributed by atoms with Crippen molar-refractivity contribution in [3.05, 3.63) is 18.2 Å². The second-order valence-electron chi connectivity index (χ2n) is 5.95. The molecule has 1 aliphatic rings. The summed E-state index contributed by atoms with van der Waals surface area (Å²) in [5, 5.41) is 13.1. The molecule has 1 aromatic rings. The molecule has 1 aliphatic heterocycles. The number of carboxylic acids is 1. The Labute approximate surface area is 149 Å². The van der Waals surface area contributed by atoms with E-state index in [1.165, 1.54) is 11.2 Å². The second-order valence-corrected chi connectivity index (χ2v) is 5.95. The van der Waals surface area contributed by atoms with E-state index in [9.17, 15) is 19.2 Å². The minimum absolute atomic E-state index is 0.255. The number of hydrogen-bond donors (Lipinski definition) is 5. The first kappa shape index (κ1) is 19.4. The van der Waals surface area contributed by atoms with Gasteiger partial charge in [-0.05, 0) is 12.8 Å². The number of carbonyl (C=O) groups is 4. The zero-order valence-corrected chi connectivity index (χ0v) is 14.1. The molecular weight excluding hydrogens is 344 g/mol. The van der Waals surface area contributed by atoms with Gasteiger partial charge in [0.05, 0.1) is 24.6 Å². The molecule has 0 radical (unpaired) electrons. The molecule has 2 atom stereocenters. The van der Waals surface area contributed by atoms with Crippen LogP contribution in [-0.2, 0) is 25.6 Å². The molecule has 0 spiro atoms. The van der Waals surface area contributed by atoms with E-state index in [0.717, 1.165) is 0 Å². The lowest BCUT2D eigenvalue weighted by molar-refractivity contribution is -0.140. The van der Waals surface area contributed by atoms with Gasteiger partial charge in [-0.25, -0.2) is 4.98 Å². The van der Waals surface area contributed by atoms with Crippen LogP contribution in [0.25, 0.3) is 0 Å². The van der Waals surface area contributed by atoms with E-state index in [2.05, 4.69) is 20.6 Å². The summed E-state index contributed by atoms with van der Waals surface area (Å²) in [5.41, 5.74) is 6.60. The maximum absolute atomic E-state index is 12.5. The Morgan fingerprint density at radius 1 is 1.35 bits per heavy atom. The molecule has 0 unspecified atom stereocenters. The number of nitrogens with two attached hydrogens (primary N) is 1. The van der Waals surface area contributed by atoms with Gasteiger partial charge in [0, 0.05) is 19.2 Å². The van der Waals surface area contributed by atoms with Crippen LogP contribution in [0.2, 0.25) is 0 Å². The number of rotatable bonds is 8. The number of carboxylic acid groups (broad SMARTS) is 1. The normalized spacial score (nSPS) is 17.6. The molecule has 0 bridgehead atoms. The van der Waals surface area contributed by atoms with E-state index in [0.29, 0.717) is 25.1 Å². The van der Waals surface area contributed by atoms with Crippen LogP contribution in [-0.4, -0.2) is 75.4 Å². The third kappa shape index (κ3) is 5.28. The highest BCUT2D eigenvalue weighted by Crippen LogP contribution is 2.18. The van der Waals surface area contributed by atoms with E-state index in [1.807, 2.05) is 0 Å². The number of H-pyrrole nitrogens is 1. The lowest BCUT2D eigenvalue weighted by Crippen LogP contribution is -2.52. The number of imidazole rings is 1. The number of aromatic amines is 1. The highest BCUT2D eigenvalue weighted by Gasteiger charge is 2.36. The molecule has 11 heteroatoms. The molecule has 26 heavy (non-hydrogen) atoms. The van der Waals surface area contributed by atoms with Crippen molar-refractivity contribution in [1.82, 2.24) is 25.5 Å². The Morgan fingerprint density at radius 2 is 2.12 bits per heavy atom. The summed E-state index contributed by atoms with van der Waals surface area (Å²) in [6.45, 7) is -0.467. The molecule has 142 valence electrons. The molecule has 2 rings (SSSR count). The van der Waals surface area contributed by atoms with Gasteiger partial charge in [0.25, 0.3) is 0 Å². The number of likely N-dealkylation sites (tertiary alicyclic amines) is 1. The third-order valence-electron chi connectivity index (χ3n) is 4.00. The maximum atomic E-state index is 12.5. The minimum Gasteiger partial charge on any atom is -0.480 e. The standard InChI is InChI=1S/C15H22N6O5/c16-10(4-9-5-17-8-20-9)15(26)21-3-1-2-11(21)14(25)19-6-12(22)18-7-13(23)24/h5,8,10-11H,1-4,6-7,16H2,(H,17,20)(H,18,22)(H,19,25)(H,23,24)/t10-,11-/m0/s1. The van der Waals surface area contributed by atoms with E-state index < -0.39 is 36.4 Å². The van der Waals surface area contributed by atoms with Crippen LogP contribution >= 0.6 is 0 Å². The van der Waals surface area contributed by atoms with Crippen LogP contribution in [0.5, 0.6) is 0 Å². The first-order chi connectivity index (χ1) is 12.4. The quantitative estimate of drug-likeness (QED) is 0.341. The van der Waals surface area contributed by atoms with Crippen LogP contribution < -0.4 is 16.4 Å². The monoisotopic (exact) mass is 366 g/mol. The summed E-state index contributed by atoms with van der Waals surface area (Å²) in [6, 6.07) is -1.51. The highest BCUT2D eigenvalue weighted by atomic mass is 16.4. The number of nitrogens with one attached hydrogen (secondary N) is 3. The van der Waals surface area contributed by atoms with Gasteiger partial charge in [-0.1, -0.05) is 0 Å². The average Bonchev–Trinajstić information content (AvgIpc) is 3.28. The van der Waals surface area contributed by atoms with Crippen molar-refractivity contribution in [2.45, 2.75) is 31.3 Å². The molecule has 6 N–H and O–H groups in total. The number of amides is 3. The fraction of sp³-hybridized carbons (Fsp3) is 0.533. The number of nitrogens with zero attached hydrogens (tertiary/aromatic N) is 2. The summed E-state index contributed by atoms with van der Waals surface area (Å²) in [5.74, 6) is -2.61. The SMILES string of the molecule is N[C@@H](Cc1c[nH]cn1)C(=O)N1CCC[C@H]1C(=O)NCC(=O)NCC(=O)O.